The van der Waals surface area contributed by atoms with Crippen LogP contribution >= 0.6 is 0 Å². The van der Waals surface area contributed by atoms with Crippen LogP contribution in [0.2, 0.25) is 0 Å². The summed E-state index contributed by atoms with van der Waals surface area (Å²) in [5, 5.41) is 3.27. The summed E-state index contributed by atoms with van der Waals surface area (Å²) in [7, 11) is 3.34. The van der Waals surface area contributed by atoms with Crippen molar-refractivity contribution in [3.63, 3.8) is 0 Å². The van der Waals surface area contributed by atoms with Crippen LogP contribution in [0.25, 0.3) is 0 Å². The molecule has 0 radical (unpaired) electrons. The molecular formula is C15H18N4O2. The minimum Gasteiger partial charge on any atom is -0.495 e. The highest BCUT2D eigenvalue weighted by Gasteiger charge is 2.24. The smallest absolute Gasteiger partial charge is 0.278 e. The predicted molar refractivity (Wildman–Crippen MR) is 79.7 cm³/mol. The van der Waals surface area contributed by atoms with Crippen LogP contribution in [0.1, 0.15) is 16.2 Å². The van der Waals surface area contributed by atoms with Crippen molar-refractivity contribution in [3.05, 3.63) is 42.0 Å². The zero-order valence-corrected chi connectivity index (χ0v) is 12.2. The Balaban J connectivity index is 1.93. The number of rotatable bonds is 3. The van der Waals surface area contributed by atoms with Gasteiger partial charge in [0.15, 0.2) is 5.69 Å². The van der Waals surface area contributed by atoms with Crippen LogP contribution in [0, 0.1) is 0 Å². The van der Waals surface area contributed by atoms with E-state index in [9.17, 15) is 4.79 Å². The lowest BCUT2D eigenvalue weighted by molar-refractivity contribution is 0.0986. The van der Waals surface area contributed by atoms with Crippen LogP contribution < -0.4 is 15.0 Å². The fourth-order valence-corrected chi connectivity index (χ4v) is 2.55. The van der Waals surface area contributed by atoms with Gasteiger partial charge >= 0.3 is 0 Å². The van der Waals surface area contributed by atoms with Crippen LogP contribution in [0.5, 0.6) is 5.75 Å². The van der Waals surface area contributed by atoms with Gasteiger partial charge in [-0.25, -0.2) is 4.98 Å². The molecule has 1 aliphatic heterocycles. The summed E-state index contributed by atoms with van der Waals surface area (Å²) < 4.78 is 7.34. The van der Waals surface area contributed by atoms with Gasteiger partial charge in [0.05, 0.1) is 24.8 Å². The minimum atomic E-state index is -0.128. The molecule has 0 fully saturated rings. The molecule has 2 heterocycles. The van der Waals surface area contributed by atoms with Gasteiger partial charge in [-0.15, -0.1) is 0 Å². The van der Waals surface area contributed by atoms with E-state index in [1.807, 2.05) is 28.8 Å². The summed E-state index contributed by atoms with van der Waals surface area (Å²) in [6, 6.07) is 7.45. The molecule has 0 spiro atoms. The summed E-state index contributed by atoms with van der Waals surface area (Å²) in [5.41, 5.74) is 2.17. The van der Waals surface area contributed by atoms with E-state index in [1.165, 1.54) is 0 Å². The number of nitrogens with zero attached hydrogens (tertiary/aromatic N) is 3. The summed E-state index contributed by atoms with van der Waals surface area (Å²) in [6.45, 7) is 2.41. The molecule has 1 N–H and O–H groups in total. The van der Waals surface area contributed by atoms with Gasteiger partial charge in [-0.05, 0) is 12.1 Å². The summed E-state index contributed by atoms with van der Waals surface area (Å²) in [5.74, 6) is 0.538. The Morgan fingerprint density at radius 1 is 1.43 bits per heavy atom. The number of hydrogen-bond donors (Lipinski definition) is 1. The van der Waals surface area contributed by atoms with Gasteiger partial charge in [0, 0.05) is 26.7 Å². The molecule has 0 saturated carbocycles. The Labute approximate surface area is 123 Å². The van der Waals surface area contributed by atoms with Crippen molar-refractivity contribution < 1.29 is 9.53 Å². The number of aromatic nitrogens is 2. The quantitative estimate of drug-likeness (QED) is 0.923. The Morgan fingerprint density at radius 2 is 2.24 bits per heavy atom. The van der Waals surface area contributed by atoms with Crippen LogP contribution in [-0.2, 0) is 13.1 Å². The third kappa shape index (κ3) is 2.38. The third-order valence-electron chi connectivity index (χ3n) is 3.72. The molecule has 3 rings (SSSR count). The van der Waals surface area contributed by atoms with E-state index in [1.54, 1.807) is 25.4 Å². The van der Waals surface area contributed by atoms with Gasteiger partial charge in [-0.2, -0.15) is 0 Å². The molecule has 0 bridgehead atoms. The van der Waals surface area contributed by atoms with Crippen molar-refractivity contribution in [2.75, 3.05) is 25.6 Å². The molecule has 1 aromatic heterocycles. The molecule has 0 aliphatic carbocycles. The molecule has 6 heteroatoms. The fourth-order valence-electron chi connectivity index (χ4n) is 2.55. The second kappa shape index (κ2) is 5.57. The molecule has 110 valence electrons. The first-order chi connectivity index (χ1) is 10.2. The van der Waals surface area contributed by atoms with Gasteiger partial charge in [0.25, 0.3) is 5.91 Å². The highest BCUT2D eigenvalue weighted by molar-refractivity contribution is 6.06. The average molecular weight is 286 g/mol. The lowest BCUT2D eigenvalue weighted by Crippen LogP contribution is -2.32. The van der Waals surface area contributed by atoms with Gasteiger partial charge in [-0.3, -0.25) is 4.79 Å². The number of anilines is 1. The molecule has 1 aromatic carbocycles. The van der Waals surface area contributed by atoms with Gasteiger partial charge < -0.3 is 19.5 Å². The number of amides is 1. The SMILES string of the molecule is COc1ccccc1N(C)C(=O)c1ncn2c1CNCC2. The monoisotopic (exact) mass is 286 g/mol. The summed E-state index contributed by atoms with van der Waals surface area (Å²) >= 11 is 0. The van der Waals surface area contributed by atoms with Crippen LogP contribution in [0.4, 0.5) is 5.69 Å². The van der Waals surface area contributed by atoms with Crippen LogP contribution in [0.3, 0.4) is 0 Å². The van der Waals surface area contributed by atoms with E-state index in [-0.39, 0.29) is 5.91 Å². The van der Waals surface area contributed by atoms with E-state index in [0.29, 0.717) is 18.0 Å². The van der Waals surface area contributed by atoms with Crippen molar-refractivity contribution >= 4 is 11.6 Å². The lowest BCUT2D eigenvalue weighted by Gasteiger charge is -2.21. The molecule has 0 unspecified atom stereocenters. The number of carbonyl (C=O) groups is 1. The molecule has 0 saturated heterocycles. The minimum absolute atomic E-state index is 0.128. The second-order valence-electron chi connectivity index (χ2n) is 4.95. The Hall–Kier alpha value is -2.34. The molecule has 6 nitrogen and oxygen atoms in total. The third-order valence-corrected chi connectivity index (χ3v) is 3.72. The number of benzene rings is 1. The van der Waals surface area contributed by atoms with Crippen molar-refractivity contribution in [1.82, 2.24) is 14.9 Å². The predicted octanol–water partition coefficient (Wildman–Crippen LogP) is 1.27. The number of carbonyl (C=O) groups excluding carboxylic acids is 1. The largest absolute Gasteiger partial charge is 0.495 e. The highest BCUT2D eigenvalue weighted by atomic mass is 16.5. The fraction of sp³-hybridized carbons (Fsp3) is 0.333. The van der Waals surface area contributed by atoms with Gasteiger partial charge in [0.1, 0.15) is 5.75 Å². The topological polar surface area (TPSA) is 59.4 Å². The normalized spacial score (nSPS) is 13.6. The van der Waals surface area contributed by atoms with Crippen molar-refractivity contribution in [1.29, 1.82) is 0 Å². The number of methoxy groups -OCH3 is 1. The Bertz CT molecular complexity index is 665. The lowest BCUT2D eigenvalue weighted by atomic mass is 10.2. The van der Waals surface area contributed by atoms with Crippen LogP contribution in [0.15, 0.2) is 30.6 Å². The van der Waals surface area contributed by atoms with Gasteiger partial charge in [0.2, 0.25) is 0 Å². The van der Waals surface area contributed by atoms with E-state index in [4.69, 9.17) is 4.74 Å². The Morgan fingerprint density at radius 3 is 3.05 bits per heavy atom. The summed E-state index contributed by atoms with van der Waals surface area (Å²) in [6.07, 6.45) is 1.74. The van der Waals surface area contributed by atoms with Crippen molar-refractivity contribution in [2.24, 2.45) is 0 Å². The van der Waals surface area contributed by atoms with E-state index in [0.717, 1.165) is 24.5 Å². The first-order valence-corrected chi connectivity index (χ1v) is 6.88. The maximum Gasteiger partial charge on any atom is 0.278 e. The standard InChI is InChI=1S/C15H18N4O2/c1-18(11-5-3-4-6-13(11)21-2)15(20)14-12-9-16-7-8-19(12)10-17-14/h3-6,10,16H,7-9H2,1-2H3. The van der Waals surface area contributed by atoms with E-state index >= 15 is 0 Å². The first-order valence-electron chi connectivity index (χ1n) is 6.88. The maximum atomic E-state index is 12.7. The highest BCUT2D eigenvalue weighted by Crippen LogP contribution is 2.28. The average Bonchev–Trinajstić information content (AvgIpc) is 2.97. The molecule has 1 amide bonds. The summed E-state index contributed by atoms with van der Waals surface area (Å²) in [4.78, 5) is 18.6. The van der Waals surface area contributed by atoms with Gasteiger partial charge in [-0.1, -0.05) is 12.1 Å². The second-order valence-corrected chi connectivity index (χ2v) is 4.95. The molecule has 0 atom stereocenters. The number of nitrogens with one attached hydrogen (secondary N) is 1. The first kappa shape index (κ1) is 13.6. The Kier molecular flexibility index (Phi) is 3.62. The van der Waals surface area contributed by atoms with E-state index < -0.39 is 0 Å². The molecular weight excluding hydrogens is 268 g/mol. The maximum absolute atomic E-state index is 12.7. The van der Waals surface area contributed by atoms with Crippen LogP contribution in [-0.4, -0.2) is 36.2 Å². The molecule has 21 heavy (non-hydrogen) atoms. The molecule has 2 aromatic rings. The molecule has 1 aliphatic rings. The van der Waals surface area contributed by atoms with E-state index in [2.05, 4.69) is 10.3 Å². The number of hydrogen-bond acceptors (Lipinski definition) is 4. The van der Waals surface area contributed by atoms with Crippen molar-refractivity contribution in [3.8, 4) is 5.75 Å². The zero-order valence-electron chi connectivity index (χ0n) is 12.2. The van der Waals surface area contributed by atoms with Crippen molar-refractivity contribution in [2.45, 2.75) is 13.1 Å². The number of ether oxygens (including phenoxy) is 1. The number of fused-ring (bicyclic) bond motifs is 1. The number of imidazole rings is 1. The zero-order chi connectivity index (χ0) is 14.8. The number of para-hydroxylation sites is 2.